The SMILES string of the molecule is N#CC1CC(c2ccc(O)cc2)=NO1. The number of oxime groups is 1. The third kappa shape index (κ3) is 1.52. The predicted octanol–water partition coefficient (Wildman–Crippen LogP) is 1.41. The standard InChI is InChI=1S/C10H8N2O2/c11-6-9-5-10(12-14-9)7-1-3-8(13)4-2-7/h1-4,9,13H,5H2. The second-order valence-corrected chi connectivity index (χ2v) is 3.01. The number of aromatic hydroxyl groups is 1. The highest BCUT2D eigenvalue weighted by atomic mass is 16.6. The molecule has 1 aliphatic rings. The van der Waals surface area contributed by atoms with E-state index in [1.807, 2.05) is 6.07 Å². The fourth-order valence-electron chi connectivity index (χ4n) is 1.27. The number of nitrogens with zero attached hydrogens (tertiary/aromatic N) is 2. The summed E-state index contributed by atoms with van der Waals surface area (Å²) in [7, 11) is 0. The molecule has 0 saturated heterocycles. The van der Waals surface area contributed by atoms with Gasteiger partial charge in [-0.25, -0.2) is 0 Å². The molecule has 0 bridgehead atoms. The number of phenols is 1. The van der Waals surface area contributed by atoms with Gasteiger partial charge in [0, 0.05) is 6.42 Å². The first-order valence-corrected chi connectivity index (χ1v) is 4.21. The Morgan fingerprint density at radius 2 is 2.14 bits per heavy atom. The molecular weight excluding hydrogens is 180 g/mol. The van der Waals surface area contributed by atoms with Crippen LogP contribution in [0.2, 0.25) is 0 Å². The zero-order chi connectivity index (χ0) is 9.97. The highest BCUT2D eigenvalue weighted by molar-refractivity contribution is 6.01. The third-order valence-electron chi connectivity index (χ3n) is 2.01. The summed E-state index contributed by atoms with van der Waals surface area (Å²) in [5.41, 5.74) is 1.62. The van der Waals surface area contributed by atoms with Crippen molar-refractivity contribution in [2.75, 3.05) is 0 Å². The van der Waals surface area contributed by atoms with Crippen LogP contribution in [0.1, 0.15) is 12.0 Å². The quantitative estimate of drug-likeness (QED) is 0.724. The van der Waals surface area contributed by atoms with E-state index in [0.717, 1.165) is 11.3 Å². The molecule has 0 amide bonds. The molecule has 1 unspecified atom stereocenters. The van der Waals surface area contributed by atoms with Crippen LogP contribution in [0.25, 0.3) is 0 Å². The molecule has 0 fully saturated rings. The van der Waals surface area contributed by atoms with Crippen molar-refractivity contribution in [2.45, 2.75) is 12.5 Å². The summed E-state index contributed by atoms with van der Waals surface area (Å²) >= 11 is 0. The zero-order valence-corrected chi connectivity index (χ0v) is 7.34. The summed E-state index contributed by atoms with van der Waals surface area (Å²) in [6.45, 7) is 0. The van der Waals surface area contributed by atoms with Gasteiger partial charge < -0.3 is 9.94 Å². The highest BCUT2D eigenvalue weighted by Gasteiger charge is 2.21. The van der Waals surface area contributed by atoms with Gasteiger partial charge in [-0.05, 0) is 29.8 Å². The fraction of sp³-hybridized carbons (Fsp3) is 0.200. The minimum atomic E-state index is -0.473. The van der Waals surface area contributed by atoms with Crippen LogP contribution >= 0.6 is 0 Å². The highest BCUT2D eigenvalue weighted by Crippen LogP contribution is 2.18. The van der Waals surface area contributed by atoms with Crippen LogP contribution < -0.4 is 0 Å². The van der Waals surface area contributed by atoms with Crippen molar-refractivity contribution in [2.24, 2.45) is 5.16 Å². The van der Waals surface area contributed by atoms with Gasteiger partial charge in [0.25, 0.3) is 0 Å². The van der Waals surface area contributed by atoms with E-state index in [4.69, 9.17) is 15.2 Å². The molecule has 4 heteroatoms. The van der Waals surface area contributed by atoms with Crippen LogP contribution in [-0.2, 0) is 4.84 Å². The molecule has 0 spiro atoms. The molecule has 1 atom stereocenters. The van der Waals surface area contributed by atoms with E-state index in [1.165, 1.54) is 0 Å². The van der Waals surface area contributed by atoms with Crippen LogP contribution in [0.4, 0.5) is 0 Å². The molecular formula is C10H8N2O2. The normalized spacial score (nSPS) is 19.6. The molecule has 0 aromatic heterocycles. The van der Waals surface area contributed by atoms with Crippen molar-refractivity contribution < 1.29 is 9.94 Å². The van der Waals surface area contributed by atoms with Crippen molar-refractivity contribution in [3.63, 3.8) is 0 Å². The first-order valence-electron chi connectivity index (χ1n) is 4.21. The maximum atomic E-state index is 9.07. The largest absolute Gasteiger partial charge is 0.508 e. The van der Waals surface area contributed by atoms with Gasteiger partial charge in [-0.2, -0.15) is 5.26 Å². The van der Waals surface area contributed by atoms with Crippen molar-refractivity contribution in [1.29, 1.82) is 5.26 Å². The minimum absolute atomic E-state index is 0.213. The van der Waals surface area contributed by atoms with Gasteiger partial charge in [0.2, 0.25) is 6.10 Å². The smallest absolute Gasteiger partial charge is 0.218 e. The van der Waals surface area contributed by atoms with E-state index in [9.17, 15) is 0 Å². The summed E-state index contributed by atoms with van der Waals surface area (Å²) < 4.78 is 0. The van der Waals surface area contributed by atoms with Crippen LogP contribution in [0.15, 0.2) is 29.4 Å². The summed E-state index contributed by atoms with van der Waals surface area (Å²) in [5.74, 6) is 0.213. The van der Waals surface area contributed by atoms with Gasteiger partial charge in [0.05, 0.1) is 5.71 Å². The number of hydrogen-bond donors (Lipinski definition) is 1. The molecule has 1 aromatic rings. The maximum absolute atomic E-state index is 9.07. The number of rotatable bonds is 1. The molecule has 70 valence electrons. The Labute approximate surface area is 81.0 Å². The van der Waals surface area contributed by atoms with E-state index in [2.05, 4.69) is 5.16 Å². The van der Waals surface area contributed by atoms with Gasteiger partial charge >= 0.3 is 0 Å². The molecule has 0 aliphatic carbocycles. The third-order valence-corrected chi connectivity index (χ3v) is 2.01. The number of phenolic OH excluding ortho intramolecular Hbond substituents is 1. The lowest BCUT2D eigenvalue weighted by Crippen LogP contribution is -2.04. The average molecular weight is 188 g/mol. The lowest BCUT2D eigenvalue weighted by molar-refractivity contribution is 0.125. The van der Waals surface area contributed by atoms with Gasteiger partial charge in [0.1, 0.15) is 11.8 Å². The Kier molecular flexibility index (Phi) is 2.07. The van der Waals surface area contributed by atoms with Crippen LogP contribution in [0, 0.1) is 11.3 Å². The van der Waals surface area contributed by atoms with E-state index < -0.39 is 6.10 Å². The molecule has 1 N–H and O–H groups in total. The summed E-state index contributed by atoms with van der Waals surface area (Å²) in [6, 6.07) is 8.65. The lowest BCUT2D eigenvalue weighted by atomic mass is 10.1. The van der Waals surface area contributed by atoms with E-state index in [1.54, 1.807) is 24.3 Å². The Morgan fingerprint density at radius 1 is 1.43 bits per heavy atom. The molecule has 0 radical (unpaired) electrons. The van der Waals surface area contributed by atoms with Crippen molar-refractivity contribution in [1.82, 2.24) is 0 Å². The monoisotopic (exact) mass is 188 g/mol. The number of hydrogen-bond acceptors (Lipinski definition) is 4. The zero-order valence-electron chi connectivity index (χ0n) is 7.34. The number of nitriles is 1. The van der Waals surface area contributed by atoms with Crippen molar-refractivity contribution >= 4 is 5.71 Å². The number of benzene rings is 1. The fourth-order valence-corrected chi connectivity index (χ4v) is 1.27. The summed E-state index contributed by atoms with van der Waals surface area (Å²) in [5, 5.41) is 21.5. The van der Waals surface area contributed by atoms with Gasteiger partial charge in [0.15, 0.2) is 0 Å². The molecule has 14 heavy (non-hydrogen) atoms. The van der Waals surface area contributed by atoms with Gasteiger partial charge in [-0.15, -0.1) is 0 Å². The van der Waals surface area contributed by atoms with E-state index in [0.29, 0.717) is 6.42 Å². The topological polar surface area (TPSA) is 65.6 Å². The van der Waals surface area contributed by atoms with Crippen LogP contribution in [-0.4, -0.2) is 16.9 Å². The molecule has 1 aromatic carbocycles. The molecule has 2 rings (SSSR count). The summed E-state index contributed by atoms with van der Waals surface area (Å²) in [4.78, 5) is 4.86. The predicted molar refractivity (Wildman–Crippen MR) is 49.7 cm³/mol. The van der Waals surface area contributed by atoms with Crippen LogP contribution in [0.5, 0.6) is 5.75 Å². The molecule has 1 aliphatic heterocycles. The first-order chi connectivity index (χ1) is 6.79. The average Bonchev–Trinajstić information content (AvgIpc) is 2.67. The van der Waals surface area contributed by atoms with Crippen molar-refractivity contribution in [3.05, 3.63) is 29.8 Å². The minimum Gasteiger partial charge on any atom is -0.508 e. The first kappa shape index (κ1) is 8.57. The Hall–Kier alpha value is -2.02. The second-order valence-electron chi connectivity index (χ2n) is 3.01. The van der Waals surface area contributed by atoms with Crippen molar-refractivity contribution in [3.8, 4) is 11.8 Å². The Bertz CT molecular complexity index is 403. The van der Waals surface area contributed by atoms with Crippen LogP contribution in [0.3, 0.4) is 0 Å². The Balaban J connectivity index is 2.18. The Morgan fingerprint density at radius 3 is 2.71 bits per heavy atom. The van der Waals surface area contributed by atoms with Gasteiger partial charge in [-0.1, -0.05) is 5.16 Å². The maximum Gasteiger partial charge on any atom is 0.218 e. The van der Waals surface area contributed by atoms with E-state index >= 15 is 0 Å². The molecule has 0 saturated carbocycles. The van der Waals surface area contributed by atoms with Gasteiger partial charge in [-0.3, -0.25) is 0 Å². The lowest BCUT2D eigenvalue weighted by Gasteiger charge is -1.97. The molecule has 4 nitrogen and oxygen atoms in total. The molecule has 1 heterocycles. The summed E-state index contributed by atoms with van der Waals surface area (Å²) in [6.07, 6.45) is 0.0279. The second kappa shape index (κ2) is 3.38. The van der Waals surface area contributed by atoms with E-state index in [-0.39, 0.29) is 5.75 Å².